The van der Waals surface area contributed by atoms with Crippen LogP contribution in [0.25, 0.3) is 0 Å². The van der Waals surface area contributed by atoms with Crippen LogP contribution in [-0.2, 0) is 4.74 Å². The average Bonchev–Trinajstić information content (AvgIpc) is 2.53. The van der Waals surface area contributed by atoms with Gasteiger partial charge in [0.25, 0.3) is 0 Å². The lowest BCUT2D eigenvalue weighted by Crippen LogP contribution is -2.19. The fraction of sp³-hybridized carbons (Fsp3) is 0.500. The Morgan fingerprint density at radius 2 is 2.21 bits per heavy atom. The maximum atomic E-state index is 11.6. The number of H-pyrrole nitrogens is 1. The quantitative estimate of drug-likeness (QED) is 0.791. The smallest absolute Gasteiger partial charge is 0.384 e. The molecule has 6 heteroatoms. The fourth-order valence-electron chi connectivity index (χ4n) is 0.928. The lowest BCUT2D eigenvalue weighted by Gasteiger charge is -2.11. The van der Waals surface area contributed by atoms with E-state index < -0.39 is 18.9 Å². The molecule has 0 aliphatic heterocycles. The predicted octanol–water partition coefficient (Wildman–Crippen LogP) is 1.63. The first-order chi connectivity index (χ1) is 6.49. The van der Waals surface area contributed by atoms with Crippen LogP contribution in [-0.4, -0.2) is 29.5 Å². The Balaban J connectivity index is 2.26. The Morgan fingerprint density at radius 1 is 1.50 bits per heavy atom. The molecule has 14 heavy (non-hydrogen) atoms. The molecule has 1 heterocycles. The Labute approximate surface area is 78.5 Å². The number of hydrogen-bond donors (Lipinski definition) is 2. The maximum absolute atomic E-state index is 11.6. The van der Waals surface area contributed by atoms with Gasteiger partial charge in [0, 0.05) is 11.9 Å². The molecular weight excluding hydrogens is 199 g/mol. The van der Waals surface area contributed by atoms with Crippen LogP contribution in [0, 0.1) is 0 Å². The van der Waals surface area contributed by atoms with Crippen molar-refractivity contribution in [3.63, 3.8) is 0 Å². The van der Waals surface area contributed by atoms with Crippen LogP contribution < -0.4 is 0 Å². The van der Waals surface area contributed by atoms with Crippen molar-refractivity contribution in [2.45, 2.75) is 12.3 Å². The Hall–Kier alpha value is -1.01. The molecule has 0 radical (unpaired) electrons. The molecule has 1 aromatic rings. The number of aromatic nitrogens is 1. The van der Waals surface area contributed by atoms with E-state index in [1.165, 1.54) is 0 Å². The Kier molecular flexibility index (Phi) is 3.54. The largest absolute Gasteiger partial charge is 0.411 e. The number of aromatic amines is 1. The van der Waals surface area contributed by atoms with E-state index >= 15 is 0 Å². The molecular formula is C8H10F3NO2. The predicted molar refractivity (Wildman–Crippen MR) is 42.6 cm³/mol. The van der Waals surface area contributed by atoms with E-state index in [9.17, 15) is 18.3 Å². The zero-order valence-electron chi connectivity index (χ0n) is 7.21. The van der Waals surface area contributed by atoms with Crippen molar-refractivity contribution in [1.29, 1.82) is 0 Å². The molecule has 0 saturated heterocycles. The van der Waals surface area contributed by atoms with Crippen LogP contribution in [0.5, 0.6) is 0 Å². The summed E-state index contributed by atoms with van der Waals surface area (Å²) in [6.45, 7) is -1.72. The molecule has 0 aromatic carbocycles. The van der Waals surface area contributed by atoms with Crippen LogP contribution in [0.15, 0.2) is 18.3 Å². The molecule has 0 spiro atoms. The molecule has 2 N–H and O–H groups in total. The first-order valence-corrected chi connectivity index (χ1v) is 3.95. The van der Waals surface area contributed by atoms with Gasteiger partial charge in [-0.15, -0.1) is 0 Å². The number of nitrogens with one attached hydrogen (secondary N) is 1. The number of alkyl halides is 3. The van der Waals surface area contributed by atoms with Gasteiger partial charge in [-0.1, -0.05) is 0 Å². The van der Waals surface area contributed by atoms with Gasteiger partial charge in [-0.3, -0.25) is 0 Å². The molecule has 0 aliphatic carbocycles. The zero-order chi connectivity index (χ0) is 10.6. The molecule has 0 fully saturated rings. The fourth-order valence-corrected chi connectivity index (χ4v) is 0.928. The number of halogens is 3. The van der Waals surface area contributed by atoms with Gasteiger partial charge in [-0.05, 0) is 12.1 Å². The minimum absolute atomic E-state index is 0.375. The molecule has 0 bridgehead atoms. The summed E-state index contributed by atoms with van der Waals surface area (Å²) in [5.74, 6) is 0. The lowest BCUT2D eigenvalue weighted by molar-refractivity contribution is -0.179. The highest BCUT2D eigenvalue weighted by atomic mass is 19.4. The van der Waals surface area contributed by atoms with Gasteiger partial charge < -0.3 is 14.8 Å². The van der Waals surface area contributed by atoms with Crippen molar-refractivity contribution in [3.8, 4) is 0 Å². The highest BCUT2D eigenvalue weighted by molar-refractivity contribution is 5.06. The van der Waals surface area contributed by atoms with Gasteiger partial charge >= 0.3 is 6.18 Å². The summed E-state index contributed by atoms with van der Waals surface area (Å²) in [6, 6.07) is 3.21. The second-order valence-corrected chi connectivity index (χ2v) is 2.77. The van der Waals surface area contributed by atoms with Gasteiger partial charge in [0.05, 0.1) is 6.61 Å². The van der Waals surface area contributed by atoms with Gasteiger partial charge in [-0.25, -0.2) is 0 Å². The van der Waals surface area contributed by atoms with Crippen LogP contribution in [0.2, 0.25) is 0 Å². The van der Waals surface area contributed by atoms with Crippen LogP contribution >= 0.6 is 0 Å². The van der Waals surface area contributed by atoms with Crippen molar-refractivity contribution in [2.24, 2.45) is 0 Å². The standard InChI is InChI=1S/C8H10F3NO2/c9-8(10,11)5-14-4-7(13)6-2-1-3-12-6/h1-3,7,12-13H,4-5H2. The van der Waals surface area contributed by atoms with Gasteiger partial charge in [0.1, 0.15) is 12.7 Å². The van der Waals surface area contributed by atoms with Crippen molar-refractivity contribution >= 4 is 0 Å². The van der Waals surface area contributed by atoms with Crippen LogP contribution in [0.4, 0.5) is 13.2 Å². The molecule has 80 valence electrons. The maximum Gasteiger partial charge on any atom is 0.411 e. The second kappa shape index (κ2) is 4.47. The molecule has 0 aliphatic rings. The molecule has 1 rings (SSSR count). The summed E-state index contributed by atoms with van der Waals surface area (Å²) in [6.07, 6.45) is -3.83. The Bertz CT molecular complexity index is 258. The molecule has 3 nitrogen and oxygen atoms in total. The van der Waals surface area contributed by atoms with Crippen molar-refractivity contribution < 1.29 is 23.0 Å². The van der Waals surface area contributed by atoms with E-state index in [0.717, 1.165) is 0 Å². The minimum atomic E-state index is -4.35. The minimum Gasteiger partial charge on any atom is -0.384 e. The average molecular weight is 209 g/mol. The summed E-state index contributed by atoms with van der Waals surface area (Å²) in [4.78, 5) is 2.67. The third-order valence-electron chi connectivity index (χ3n) is 1.52. The summed E-state index contributed by atoms with van der Waals surface area (Å²) >= 11 is 0. The lowest BCUT2D eigenvalue weighted by atomic mass is 10.3. The van der Waals surface area contributed by atoms with E-state index in [0.29, 0.717) is 5.69 Å². The molecule has 1 atom stereocenters. The first-order valence-electron chi connectivity index (χ1n) is 3.95. The third kappa shape index (κ3) is 3.80. The molecule has 1 unspecified atom stereocenters. The number of ether oxygens (including phenoxy) is 1. The highest BCUT2D eigenvalue weighted by Gasteiger charge is 2.27. The summed E-state index contributed by atoms with van der Waals surface area (Å²) in [5.41, 5.74) is 0.437. The van der Waals surface area contributed by atoms with E-state index in [2.05, 4.69) is 9.72 Å². The summed E-state index contributed by atoms with van der Waals surface area (Å²) < 4.78 is 39.2. The van der Waals surface area contributed by atoms with Gasteiger partial charge in [-0.2, -0.15) is 13.2 Å². The molecule has 0 amide bonds. The SMILES string of the molecule is OC(COCC(F)(F)F)c1ccc[nH]1. The topological polar surface area (TPSA) is 45.2 Å². The van der Waals surface area contributed by atoms with Gasteiger partial charge in [0.2, 0.25) is 0 Å². The Morgan fingerprint density at radius 3 is 2.71 bits per heavy atom. The summed E-state index contributed by atoms with van der Waals surface area (Å²) in [7, 11) is 0. The van der Waals surface area contributed by atoms with Crippen molar-refractivity contribution in [2.75, 3.05) is 13.2 Å². The normalized spacial score (nSPS) is 14.3. The van der Waals surface area contributed by atoms with Crippen molar-refractivity contribution in [1.82, 2.24) is 4.98 Å². The van der Waals surface area contributed by atoms with E-state index in [1.54, 1.807) is 18.3 Å². The monoisotopic (exact) mass is 209 g/mol. The van der Waals surface area contributed by atoms with E-state index in [1.807, 2.05) is 0 Å². The third-order valence-corrected chi connectivity index (χ3v) is 1.52. The van der Waals surface area contributed by atoms with Crippen LogP contribution in [0.3, 0.4) is 0 Å². The number of rotatable bonds is 4. The zero-order valence-corrected chi connectivity index (χ0v) is 7.21. The number of aliphatic hydroxyl groups is 1. The number of aliphatic hydroxyl groups excluding tert-OH is 1. The van der Waals surface area contributed by atoms with Crippen molar-refractivity contribution in [3.05, 3.63) is 24.0 Å². The molecule has 1 aromatic heterocycles. The van der Waals surface area contributed by atoms with Gasteiger partial charge in [0.15, 0.2) is 0 Å². The van der Waals surface area contributed by atoms with E-state index in [-0.39, 0.29) is 6.61 Å². The number of hydrogen-bond acceptors (Lipinski definition) is 2. The molecule has 0 saturated carbocycles. The first kappa shape index (κ1) is 11.1. The van der Waals surface area contributed by atoms with E-state index in [4.69, 9.17) is 0 Å². The van der Waals surface area contributed by atoms with Crippen LogP contribution in [0.1, 0.15) is 11.8 Å². The highest BCUT2D eigenvalue weighted by Crippen LogP contribution is 2.16. The second-order valence-electron chi connectivity index (χ2n) is 2.77. The summed E-state index contributed by atoms with van der Waals surface area (Å²) in [5, 5.41) is 9.28.